The topological polar surface area (TPSA) is 79.1 Å². The summed E-state index contributed by atoms with van der Waals surface area (Å²) in [6.45, 7) is 2.43. The van der Waals surface area contributed by atoms with Gasteiger partial charge in [-0.2, -0.15) is 0 Å². The van der Waals surface area contributed by atoms with Gasteiger partial charge in [-0.3, -0.25) is 14.9 Å². The van der Waals surface area contributed by atoms with Crippen LogP contribution in [0.15, 0.2) is 102 Å². The van der Waals surface area contributed by atoms with E-state index in [9.17, 15) is 8.78 Å². The number of aromatic nitrogens is 2. The number of benzene rings is 1. The highest BCUT2D eigenvalue weighted by atomic mass is 19.3. The fraction of sp³-hybridized carbons (Fsp3) is 0.278. The number of allylic oxidation sites excluding steroid dienone is 6. The third-order valence-corrected chi connectivity index (χ3v) is 9.45. The van der Waals surface area contributed by atoms with Gasteiger partial charge in [0.05, 0.1) is 12.2 Å². The second kappa shape index (κ2) is 10.5. The predicted octanol–water partition coefficient (Wildman–Crippen LogP) is 6.59. The van der Waals surface area contributed by atoms with Crippen LogP contribution >= 0.6 is 0 Å². The monoisotopic (exact) mass is 606 g/mol. The van der Waals surface area contributed by atoms with Gasteiger partial charge >= 0.3 is 0 Å². The van der Waals surface area contributed by atoms with E-state index in [4.69, 9.17) is 5.73 Å². The van der Waals surface area contributed by atoms with Crippen LogP contribution in [-0.2, 0) is 6.54 Å². The van der Waals surface area contributed by atoms with Gasteiger partial charge in [0.25, 0.3) is 5.92 Å². The maximum absolute atomic E-state index is 16.8. The second-order valence-corrected chi connectivity index (χ2v) is 12.6. The van der Waals surface area contributed by atoms with E-state index in [1.807, 2.05) is 49.5 Å². The van der Waals surface area contributed by atoms with Crippen LogP contribution in [0.1, 0.15) is 54.6 Å². The molecule has 1 unspecified atom stereocenters. The maximum Gasteiger partial charge on any atom is 0.261 e. The number of rotatable bonds is 5. The Bertz CT molecular complexity index is 1890. The first-order valence-electron chi connectivity index (χ1n) is 15.4. The first-order valence-corrected chi connectivity index (χ1v) is 15.4. The summed E-state index contributed by atoms with van der Waals surface area (Å²) in [5, 5.41) is 7.14. The summed E-state index contributed by atoms with van der Waals surface area (Å²) in [6.07, 6.45) is 12.3. The number of hydrogen-bond donors (Lipinski definition) is 3. The van der Waals surface area contributed by atoms with Crippen molar-refractivity contribution in [1.82, 2.24) is 25.5 Å². The summed E-state index contributed by atoms with van der Waals surface area (Å²) in [4.78, 5) is 10.7. The zero-order valence-electron chi connectivity index (χ0n) is 24.9. The highest BCUT2D eigenvalue weighted by molar-refractivity contribution is 5.90. The van der Waals surface area contributed by atoms with Gasteiger partial charge in [0.2, 0.25) is 0 Å². The Morgan fingerprint density at radius 1 is 1.11 bits per heavy atom. The summed E-state index contributed by atoms with van der Waals surface area (Å²) in [6, 6.07) is 11.5. The van der Waals surface area contributed by atoms with Gasteiger partial charge in [-0.05, 0) is 59.9 Å². The van der Waals surface area contributed by atoms with Crippen molar-refractivity contribution < 1.29 is 13.2 Å². The number of likely N-dealkylation sites (tertiary alicyclic amines) is 1. The molecule has 1 saturated carbocycles. The lowest BCUT2D eigenvalue weighted by Gasteiger charge is -2.30. The standard InChI is InChI=1S/C36H33F3N6/c1-20-24-7-8-25(22-12-21(15-41-16-22)18-45-11-9-36(38,39)19-45)34(37)33(24)29(17-43-20)35-28-14-27(28)32-26(30-4-2-3-10-42-30)6-5-23(40)13-31(32)44-35/h2-8,10,12,15-17,20,27,43-44H,9,11,13-14,18-19,40H2,1H3/t20-,27?/m0/s1. The zero-order chi connectivity index (χ0) is 30.9. The molecule has 228 valence electrons. The minimum atomic E-state index is -2.67. The number of halogens is 3. The minimum Gasteiger partial charge on any atom is -0.402 e. The van der Waals surface area contributed by atoms with Gasteiger partial charge in [0, 0.05) is 108 Å². The van der Waals surface area contributed by atoms with Crippen LogP contribution in [0, 0.1) is 11.7 Å². The molecule has 1 saturated heterocycles. The molecule has 2 aromatic heterocycles. The lowest BCUT2D eigenvalue weighted by atomic mass is 9.85. The molecular weight excluding hydrogens is 573 g/mol. The highest BCUT2D eigenvalue weighted by Crippen LogP contribution is 2.56. The van der Waals surface area contributed by atoms with Gasteiger partial charge in [0.15, 0.2) is 0 Å². The molecule has 8 rings (SSSR count). The number of pyridine rings is 2. The number of nitrogens with one attached hydrogen (secondary N) is 2. The Balaban J connectivity index is 1.15. The van der Waals surface area contributed by atoms with Crippen LogP contribution < -0.4 is 16.4 Å². The van der Waals surface area contributed by atoms with E-state index < -0.39 is 5.92 Å². The van der Waals surface area contributed by atoms with Crippen molar-refractivity contribution in [3.63, 3.8) is 0 Å². The van der Waals surface area contributed by atoms with E-state index in [1.54, 1.807) is 29.6 Å². The van der Waals surface area contributed by atoms with Crippen molar-refractivity contribution in [2.75, 3.05) is 13.1 Å². The van der Waals surface area contributed by atoms with Crippen LogP contribution in [0.3, 0.4) is 0 Å². The van der Waals surface area contributed by atoms with Gasteiger partial charge in [-0.25, -0.2) is 13.2 Å². The largest absolute Gasteiger partial charge is 0.402 e. The molecule has 0 radical (unpaired) electrons. The Morgan fingerprint density at radius 3 is 2.80 bits per heavy atom. The van der Waals surface area contributed by atoms with Crippen molar-refractivity contribution in [1.29, 1.82) is 0 Å². The Kier molecular flexibility index (Phi) is 6.49. The number of nitrogens with zero attached hydrogens (tertiary/aromatic N) is 3. The van der Waals surface area contributed by atoms with Crippen molar-refractivity contribution >= 4 is 11.1 Å². The molecule has 5 heterocycles. The average Bonchev–Trinajstić information content (AvgIpc) is 3.78. The number of fused-ring (bicyclic) bond motifs is 3. The molecular formula is C36H33F3N6. The SMILES string of the molecule is C[C@@H]1NC=C(C2=C3CC3C3=C(CC(N)=CC=C3c3ccccn3)N2)c2c1ccc(-c1cncc(CN3CCC(F)(F)C3)c1)c2F. The molecule has 2 aliphatic carbocycles. The van der Waals surface area contributed by atoms with E-state index in [1.165, 1.54) is 11.1 Å². The number of alkyl halides is 2. The van der Waals surface area contributed by atoms with Gasteiger partial charge in [-0.1, -0.05) is 24.3 Å². The van der Waals surface area contributed by atoms with E-state index in [-0.39, 0.29) is 30.7 Å². The lowest BCUT2D eigenvalue weighted by molar-refractivity contribution is 0.0115. The highest BCUT2D eigenvalue weighted by Gasteiger charge is 2.45. The molecule has 6 nitrogen and oxygen atoms in total. The quantitative estimate of drug-likeness (QED) is 0.304. The summed E-state index contributed by atoms with van der Waals surface area (Å²) < 4.78 is 44.4. The van der Waals surface area contributed by atoms with Crippen molar-refractivity contribution in [2.24, 2.45) is 11.7 Å². The third-order valence-electron chi connectivity index (χ3n) is 9.45. The van der Waals surface area contributed by atoms with Crippen LogP contribution in [-0.4, -0.2) is 33.9 Å². The zero-order valence-corrected chi connectivity index (χ0v) is 24.9. The molecule has 9 heteroatoms. The molecule has 45 heavy (non-hydrogen) atoms. The van der Waals surface area contributed by atoms with Crippen LogP contribution in [0.4, 0.5) is 13.2 Å². The maximum atomic E-state index is 16.8. The van der Waals surface area contributed by atoms with Crippen molar-refractivity contribution in [3.05, 3.63) is 130 Å². The van der Waals surface area contributed by atoms with Crippen molar-refractivity contribution in [2.45, 2.75) is 44.7 Å². The van der Waals surface area contributed by atoms with E-state index in [0.717, 1.165) is 51.5 Å². The number of dihydropyridines is 1. The van der Waals surface area contributed by atoms with Crippen LogP contribution in [0.25, 0.3) is 22.3 Å². The van der Waals surface area contributed by atoms with Gasteiger partial charge in [-0.15, -0.1) is 0 Å². The van der Waals surface area contributed by atoms with E-state index in [0.29, 0.717) is 36.2 Å². The first kappa shape index (κ1) is 27.9. The molecule has 4 N–H and O–H groups in total. The molecule has 0 spiro atoms. The lowest BCUT2D eigenvalue weighted by Crippen LogP contribution is -2.27. The second-order valence-electron chi connectivity index (χ2n) is 12.6. The Morgan fingerprint density at radius 2 is 2.00 bits per heavy atom. The van der Waals surface area contributed by atoms with Crippen LogP contribution in [0.2, 0.25) is 0 Å². The third kappa shape index (κ3) is 4.95. The van der Waals surface area contributed by atoms with Gasteiger partial charge in [0.1, 0.15) is 5.82 Å². The summed E-state index contributed by atoms with van der Waals surface area (Å²) in [7, 11) is 0. The predicted molar refractivity (Wildman–Crippen MR) is 168 cm³/mol. The summed E-state index contributed by atoms with van der Waals surface area (Å²) in [5.74, 6) is -2.78. The molecule has 5 aliphatic rings. The van der Waals surface area contributed by atoms with Crippen molar-refractivity contribution in [3.8, 4) is 11.1 Å². The number of nitrogens with two attached hydrogens (primary N) is 1. The molecule has 3 aromatic rings. The fourth-order valence-electron chi connectivity index (χ4n) is 7.18. The molecule has 1 aromatic carbocycles. The van der Waals surface area contributed by atoms with E-state index >= 15 is 4.39 Å². The van der Waals surface area contributed by atoms with Crippen LogP contribution in [0.5, 0.6) is 0 Å². The average molecular weight is 607 g/mol. The van der Waals surface area contributed by atoms with Gasteiger partial charge < -0.3 is 16.4 Å². The molecule has 2 fully saturated rings. The minimum absolute atomic E-state index is 0.0808. The fourth-order valence-corrected chi connectivity index (χ4v) is 7.18. The summed E-state index contributed by atoms with van der Waals surface area (Å²) >= 11 is 0. The number of hydrogen-bond acceptors (Lipinski definition) is 6. The molecule has 3 aliphatic heterocycles. The van der Waals surface area contributed by atoms with E-state index in [2.05, 4.69) is 26.7 Å². The molecule has 2 atom stereocenters. The Hall–Kier alpha value is -4.63. The molecule has 0 amide bonds. The molecule has 0 bridgehead atoms. The normalized spacial score (nSPS) is 23.5. The Labute approximate surface area is 260 Å². The summed E-state index contributed by atoms with van der Waals surface area (Å²) in [5.41, 5.74) is 17.6. The first-order chi connectivity index (χ1) is 21.8. The smallest absolute Gasteiger partial charge is 0.261 e.